The lowest BCUT2D eigenvalue weighted by molar-refractivity contribution is -0.136. The molecule has 4 rings (SSSR count). The molecule has 4 atom stereocenters. The van der Waals surface area contributed by atoms with Crippen LogP contribution in [0.25, 0.3) is 0 Å². The molecular weight excluding hydrogens is 453 g/mol. The second-order valence-corrected chi connectivity index (χ2v) is 9.42. The van der Waals surface area contributed by atoms with Crippen molar-refractivity contribution < 1.29 is 23.5 Å². The summed E-state index contributed by atoms with van der Waals surface area (Å²) in [4.78, 5) is 28.4. The number of halogens is 2. The van der Waals surface area contributed by atoms with Gasteiger partial charge in [0.25, 0.3) is 5.91 Å². The quantitative estimate of drug-likeness (QED) is 0.563. The third-order valence-electron chi connectivity index (χ3n) is 6.06. The second-order valence-electron chi connectivity index (χ2n) is 8.51. The molecule has 0 aromatic heterocycles. The van der Waals surface area contributed by atoms with Crippen molar-refractivity contribution in [3.8, 4) is 0 Å². The van der Waals surface area contributed by atoms with Crippen molar-refractivity contribution in [1.82, 2.24) is 4.90 Å². The van der Waals surface area contributed by atoms with Gasteiger partial charge in [-0.15, -0.1) is 0 Å². The molecule has 30 heavy (non-hydrogen) atoms. The number of ether oxygens (including phenoxy) is 2. The molecule has 1 aliphatic carbocycles. The first-order chi connectivity index (χ1) is 14.4. The van der Waals surface area contributed by atoms with E-state index in [2.05, 4.69) is 15.9 Å². The Balaban J connectivity index is 1.65. The molecule has 0 radical (unpaired) electrons. The van der Waals surface area contributed by atoms with Crippen molar-refractivity contribution in [2.45, 2.75) is 64.0 Å². The summed E-state index contributed by atoms with van der Waals surface area (Å²) in [6, 6.07) is 7.11. The number of ketones is 1. The Kier molecular flexibility index (Phi) is 6.30. The minimum absolute atomic E-state index is 0.120. The molecule has 7 heteroatoms. The number of benzene rings is 1. The van der Waals surface area contributed by atoms with Gasteiger partial charge in [-0.2, -0.15) is 0 Å². The SMILES string of the molecule is CC(C)OCCCN1C(=O)C2=C(C(=O)C3CC(F)CCC3O2)C1c1ccc(Br)cc1. The molecule has 1 amide bonds. The van der Waals surface area contributed by atoms with E-state index >= 15 is 0 Å². The lowest BCUT2D eigenvalue weighted by atomic mass is 9.77. The number of amides is 1. The van der Waals surface area contributed by atoms with Crippen LogP contribution in [0, 0.1) is 5.92 Å². The monoisotopic (exact) mass is 479 g/mol. The average Bonchev–Trinajstić information content (AvgIpc) is 2.99. The number of alkyl halides is 1. The molecule has 1 saturated carbocycles. The standard InChI is InChI=1S/C23H27BrFNO4/c1-13(2)29-11-3-10-26-20(14-4-6-15(24)7-5-14)19-21(27)17-12-16(25)8-9-18(17)30-22(19)23(26)28/h4-7,13,16-18,20H,3,8-12H2,1-2H3. The largest absolute Gasteiger partial charge is 0.483 e. The molecule has 0 N–H and O–H groups in total. The molecule has 0 saturated heterocycles. The average molecular weight is 480 g/mol. The molecule has 2 aliphatic heterocycles. The molecule has 162 valence electrons. The van der Waals surface area contributed by atoms with Crippen molar-refractivity contribution in [3.05, 3.63) is 45.6 Å². The van der Waals surface area contributed by atoms with E-state index in [9.17, 15) is 14.0 Å². The van der Waals surface area contributed by atoms with Crippen molar-refractivity contribution in [3.63, 3.8) is 0 Å². The van der Waals surface area contributed by atoms with Crippen molar-refractivity contribution in [2.24, 2.45) is 5.92 Å². The predicted molar refractivity (Wildman–Crippen MR) is 113 cm³/mol. The highest BCUT2D eigenvalue weighted by molar-refractivity contribution is 9.10. The summed E-state index contributed by atoms with van der Waals surface area (Å²) in [5.41, 5.74) is 1.24. The molecule has 2 heterocycles. The maximum Gasteiger partial charge on any atom is 0.290 e. The van der Waals surface area contributed by atoms with Gasteiger partial charge in [0.2, 0.25) is 0 Å². The van der Waals surface area contributed by atoms with Crippen LogP contribution < -0.4 is 0 Å². The molecule has 1 aromatic carbocycles. The number of nitrogens with zero attached hydrogens (tertiary/aromatic N) is 1. The Morgan fingerprint density at radius 3 is 2.67 bits per heavy atom. The third-order valence-corrected chi connectivity index (χ3v) is 6.59. The number of carbonyl (C=O) groups excluding carboxylic acids is 2. The van der Waals surface area contributed by atoms with Crippen LogP contribution in [0.15, 0.2) is 40.1 Å². The molecule has 0 bridgehead atoms. The van der Waals surface area contributed by atoms with E-state index in [1.807, 2.05) is 38.1 Å². The zero-order chi connectivity index (χ0) is 21.4. The number of hydrogen-bond donors (Lipinski definition) is 0. The normalized spacial score (nSPS) is 28.6. The van der Waals surface area contributed by atoms with Gasteiger partial charge in [0.05, 0.1) is 23.6 Å². The molecule has 3 aliphatic rings. The highest BCUT2D eigenvalue weighted by Crippen LogP contribution is 2.47. The van der Waals surface area contributed by atoms with Crippen molar-refractivity contribution >= 4 is 27.6 Å². The molecule has 0 spiro atoms. The summed E-state index contributed by atoms with van der Waals surface area (Å²) in [6.45, 7) is 4.93. The second kappa shape index (κ2) is 8.79. The molecule has 1 aromatic rings. The van der Waals surface area contributed by atoms with Crippen LogP contribution >= 0.6 is 15.9 Å². The summed E-state index contributed by atoms with van der Waals surface area (Å²) in [6.07, 6.45) is 0.393. The van der Waals surface area contributed by atoms with Crippen molar-refractivity contribution in [2.75, 3.05) is 13.2 Å². The fourth-order valence-electron chi connectivity index (χ4n) is 4.64. The van der Waals surface area contributed by atoms with Gasteiger partial charge in [-0.25, -0.2) is 4.39 Å². The summed E-state index contributed by atoms with van der Waals surface area (Å²) < 4.78 is 26.6. The van der Waals surface area contributed by atoms with Gasteiger partial charge in [-0.05, 0) is 57.2 Å². The van der Waals surface area contributed by atoms with Gasteiger partial charge in [-0.1, -0.05) is 28.1 Å². The number of rotatable bonds is 6. The topological polar surface area (TPSA) is 55.8 Å². The van der Waals surface area contributed by atoms with Gasteiger partial charge in [0, 0.05) is 17.6 Å². The van der Waals surface area contributed by atoms with Crippen LogP contribution in [0.4, 0.5) is 4.39 Å². The van der Waals surface area contributed by atoms with Crippen LogP contribution in [0.3, 0.4) is 0 Å². The van der Waals surface area contributed by atoms with Crippen LogP contribution in [0.5, 0.6) is 0 Å². The molecular formula is C23H27BrFNO4. The lowest BCUT2D eigenvalue weighted by Crippen LogP contribution is -2.42. The Hall–Kier alpha value is -1.73. The Morgan fingerprint density at radius 1 is 1.23 bits per heavy atom. The number of Topliss-reactive ketones (excluding diaryl/α,β-unsaturated/α-hetero) is 1. The first-order valence-corrected chi connectivity index (χ1v) is 11.4. The van der Waals surface area contributed by atoms with Crippen LogP contribution in [0.2, 0.25) is 0 Å². The van der Waals surface area contributed by atoms with E-state index in [1.165, 1.54) is 0 Å². The van der Waals surface area contributed by atoms with E-state index in [-0.39, 0.29) is 30.0 Å². The smallest absolute Gasteiger partial charge is 0.290 e. The van der Waals surface area contributed by atoms with Crippen LogP contribution in [-0.4, -0.2) is 48.1 Å². The van der Waals surface area contributed by atoms with Gasteiger partial charge in [-0.3, -0.25) is 9.59 Å². The summed E-state index contributed by atoms with van der Waals surface area (Å²) in [5.74, 6) is -0.735. The fraction of sp³-hybridized carbons (Fsp3) is 0.565. The zero-order valence-electron chi connectivity index (χ0n) is 17.3. The Labute approximate surface area is 184 Å². The zero-order valence-corrected chi connectivity index (χ0v) is 18.9. The summed E-state index contributed by atoms with van der Waals surface area (Å²) in [5, 5.41) is 0. The minimum Gasteiger partial charge on any atom is -0.483 e. The van der Waals surface area contributed by atoms with Gasteiger partial charge in [0.15, 0.2) is 11.5 Å². The van der Waals surface area contributed by atoms with Gasteiger partial charge in [0.1, 0.15) is 12.3 Å². The van der Waals surface area contributed by atoms with E-state index in [4.69, 9.17) is 9.47 Å². The molecule has 4 unspecified atom stereocenters. The van der Waals surface area contributed by atoms with Crippen molar-refractivity contribution in [1.29, 1.82) is 0 Å². The van der Waals surface area contributed by atoms with Crippen LogP contribution in [-0.2, 0) is 19.1 Å². The van der Waals surface area contributed by atoms with Crippen LogP contribution in [0.1, 0.15) is 51.1 Å². The fourth-order valence-corrected chi connectivity index (χ4v) is 4.90. The van der Waals surface area contributed by atoms with E-state index in [0.29, 0.717) is 38.0 Å². The number of carbonyl (C=O) groups is 2. The summed E-state index contributed by atoms with van der Waals surface area (Å²) in [7, 11) is 0. The molecule has 1 fully saturated rings. The van der Waals surface area contributed by atoms with E-state index < -0.39 is 24.2 Å². The maximum atomic E-state index is 14.0. The third kappa shape index (κ3) is 4.06. The Bertz CT molecular complexity index is 853. The maximum absolute atomic E-state index is 14.0. The number of fused-ring (bicyclic) bond motifs is 1. The lowest BCUT2D eigenvalue weighted by Gasteiger charge is -2.36. The molecule has 5 nitrogen and oxygen atoms in total. The predicted octanol–water partition coefficient (Wildman–Crippen LogP) is 4.51. The minimum atomic E-state index is -0.992. The van der Waals surface area contributed by atoms with E-state index in [0.717, 1.165) is 10.0 Å². The van der Waals surface area contributed by atoms with Gasteiger partial charge >= 0.3 is 0 Å². The Morgan fingerprint density at radius 2 is 1.97 bits per heavy atom. The first kappa shape index (κ1) is 21.5. The highest BCUT2D eigenvalue weighted by Gasteiger charge is 2.52. The highest BCUT2D eigenvalue weighted by atomic mass is 79.9. The first-order valence-electron chi connectivity index (χ1n) is 10.6. The van der Waals surface area contributed by atoms with E-state index in [1.54, 1.807) is 4.90 Å². The van der Waals surface area contributed by atoms with Gasteiger partial charge < -0.3 is 14.4 Å². The number of hydrogen-bond acceptors (Lipinski definition) is 4. The summed E-state index contributed by atoms with van der Waals surface area (Å²) >= 11 is 3.44.